The molecule has 142 valence electrons. The third-order valence-electron chi connectivity index (χ3n) is 4.35. The zero-order chi connectivity index (χ0) is 19.1. The van der Waals surface area contributed by atoms with E-state index in [1.807, 2.05) is 12.1 Å². The van der Waals surface area contributed by atoms with Crippen LogP contribution in [0, 0.1) is 0 Å². The summed E-state index contributed by atoms with van der Waals surface area (Å²) in [5.41, 5.74) is 8.46. The van der Waals surface area contributed by atoms with Crippen LogP contribution in [-0.4, -0.2) is 49.6 Å². The number of carbonyl (C=O) groups excluding carboxylic acids is 2. The number of rotatable bonds is 6. The molecule has 0 aliphatic carbocycles. The van der Waals surface area contributed by atoms with Gasteiger partial charge in [0.25, 0.3) is 5.91 Å². The predicted octanol–water partition coefficient (Wildman–Crippen LogP) is 1.67. The highest BCUT2D eigenvalue weighted by Gasteiger charge is 2.14. The van der Waals surface area contributed by atoms with E-state index in [-0.39, 0.29) is 11.8 Å². The van der Waals surface area contributed by atoms with Crippen LogP contribution in [0.5, 0.6) is 0 Å². The van der Waals surface area contributed by atoms with Crippen molar-refractivity contribution >= 4 is 23.2 Å². The minimum atomic E-state index is -0.192. The minimum absolute atomic E-state index is 0.0614. The number of hydrogen-bond donors (Lipinski definition) is 3. The van der Waals surface area contributed by atoms with Crippen molar-refractivity contribution in [3.63, 3.8) is 0 Å². The molecule has 0 bridgehead atoms. The molecule has 3 rings (SSSR count). The highest BCUT2D eigenvalue weighted by atomic mass is 16.5. The van der Waals surface area contributed by atoms with E-state index in [1.165, 1.54) is 0 Å². The van der Waals surface area contributed by atoms with Crippen LogP contribution in [0.1, 0.15) is 15.9 Å². The van der Waals surface area contributed by atoms with Crippen molar-refractivity contribution in [2.24, 2.45) is 5.73 Å². The average Bonchev–Trinajstić information content (AvgIpc) is 2.70. The zero-order valence-electron chi connectivity index (χ0n) is 15.1. The fourth-order valence-corrected chi connectivity index (χ4v) is 2.80. The van der Waals surface area contributed by atoms with E-state index in [0.717, 1.165) is 18.7 Å². The molecule has 1 aliphatic rings. The molecule has 2 aromatic carbocycles. The van der Waals surface area contributed by atoms with Crippen LogP contribution in [0.2, 0.25) is 0 Å². The van der Waals surface area contributed by atoms with E-state index in [4.69, 9.17) is 10.5 Å². The van der Waals surface area contributed by atoms with Crippen LogP contribution in [-0.2, 0) is 16.1 Å². The number of morpholine rings is 1. The van der Waals surface area contributed by atoms with Gasteiger partial charge in [-0.2, -0.15) is 0 Å². The summed E-state index contributed by atoms with van der Waals surface area (Å²) in [6.45, 7) is 3.66. The lowest BCUT2D eigenvalue weighted by molar-refractivity contribution is -0.118. The first-order valence-corrected chi connectivity index (χ1v) is 8.94. The SMILES string of the molecule is NCc1ccc(C(=O)Nc2ccc(NC(=O)CN3CCOCC3)cc2)cc1. The van der Waals surface area contributed by atoms with E-state index < -0.39 is 0 Å². The third-order valence-corrected chi connectivity index (χ3v) is 4.35. The Morgan fingerprint density at radius 3 is 2.11 bits per heavy atom. The summed E-state index contributed by atoms with van der Waals surface area (Å²) in [6.07, 6.45) is 0. The molecule has 1 heterocycles. The number of nitrogens with two attached hydrogens (primary N) is 1. The fraction of sp³-hybridized carbons (Fsp3) is 0.300. The smallest absolute Gasteiger partial charge is 0.255 e. The van der Waals surface area contributed by atoms with Gasteiger partial charge in [0.05, 0.1) is 19.8 Å². The Labute approximate surface area is 158 Å². The summed E-state index contributed by atoms with van der Waals surface area (Å²) in [5.74, 6) is -0.253. The number of benzene rings is 2. The van der Waals surface area contributed by atoms with Crippen LogP contribution in [0.25, 0.3) is 0 Å². The summed E-state index contributed by atoms with van der Waals surface area (Å²) in [5, 5.41) is 5.71. The lowest BCUT2D eigenvalue weighted by Gasteiger charge is -2.25. The van der Waals surface area contributed by atoms with Gasteiger partial charge in [0.1, 0.15) is 0 Å². The monoisotopic (exact) mass is 368 g/mol. The van der Waals surface area contributed by atoms with Crippen molar-refractivity contribution in [2.45, 2.75) is 6.54 Å². The summed E-state index contributed by atoms with van der Waals surface area (Å²) in [7, 11) is 0. The number of hydrogen-bond acceptors (Lipinski definition) is 5. The summed E-state index contributed by atoms with van der Waals surface area (Å²) in [4.78, 5) is 26.4. The summed E-state index contributed by atoms with van der Waals surface area (Å²) in [6, 6.07) is 14.2. The van der Waals surface area contributed by atoms with E-state index in [1.54, 1.807) is 36.4 Å². The second kappa shape index (κ2) is 9.27. The molecule has 0 radical (unpaired) electrons. The van der Waals surface area contributed by atoms with Gasteiger partial charge in [-0.15, -0.1) is 0 Å². The van der Waals surface area contributed by atoms with Crippen LogP contribution in [0.4, 0.5) is 11.4 Å². The Morgan fingerprint density at radius 1 is 0.926 bits per heavy atom. The quantitative estimate of drug-likeness (QED) is 0.721. The van der Waals surface area contributed by atoms with E-state index in [9.17, 15) is 9.59 Å². The molecular weight excluding hydrogens is 344 g/mol. The van der Waals surface area contributed by atoms with E-state index in [0.29, 0.717) is 43.2 Å². The molecule has 7 nitrogen and oxygen atoms in total. The molecule has 0 unspecified atom stereocenters. The molecule has 27 heavy (non-hydrogen) atoms. The topological polar surface area (TPSA) is 96.7 Å². The Bertz CT molecular complexity index is 769. The summed E-state index contributed by atoms with van der Waals surface area (Å²) >= 11 is 0. The van der Waals surface area contributed by atoms with Gasteiger partial charge in [0.15, 0.2) is 0 Å². The molecule has 0 spiro atoms. The predicted molar refractivity (Wildman–Crippen MR) is 105 cm³/mol. The maximum atomic E-state index is 12.3. The standard InChI is InChI=1S/C20H24N4O3/c21-13-15-1-3-16(4-2-15)20(26)23-18-7-5-17(6-8-18)22-19(25)14-24-9-11-27-12-10-24/h1-8H,9-14,21H2,(H,22,25)(H,23,26). The lowest BCUT2D eigenvalue weighted by Crippen LogP contribution is -2.41. The van der Waals surface area contributed by atoms with Gasteiger partial charge in [-0.05, 0) is 42.0 Å². The number of anilines is 2. The molecule has 1 saturated heterocycles. The largest absolute Gasteiger partial charge is 0.379 e. The van der Waals surface area contributed by atoms with Crippen LogP contribution in [0.15, 0.2) is 48.5 Å². The first-order chi connectivity index (χ1) is 13.1. The number of nitrogens with zero attached hydrogens (tertiary/aromatic N) is 1. The highest BCUT2D eigenvalue weighted by Crippen LogP contribution is 2.15. The van der Waals surface area contributed by atoms with Crippen LogP contribution < -0.4 is 16.4 Å². The van der Waals surface area contributed by atoms with E-state index >= 15 is 0 Å². The molecule has 2 aromatic rings. The molecule has 0 atom stereocenters. The maximum absolute atomic E-state index is 12.3. The second-order valence-electron chi connectivity index (χ2n) is 6.37. The van der Waals surface area contributed by atoms with Gasteiger partial charge in [0, 0.05) is 36.6 Å². The van der Waals surface area contributed by atoms with Crippen molar-refractivity contribution in [3.8, 4) is 0 Å². The Kier molecular flexibility index (Phi) is 6.54. The average molecular weight is 368 g/mol. The van der Waals surface area contributed by atoms with Crippen molar-refractivity contribution in [3.05, 3.63) is 59.7 Å². The number of ether oxygens (including phenoxy) is 1. The number of nitrogens with one attached hydrogen (secondary N) is 2. The molecular formula is C20H24N4O3. The van der Waals surface area contributed by atoms with Gasteiger partial charge in [-0.3, -0.25) is 14.5 Å². The van der Waals surface area contributed by atoms with Crippen molar-refractivity contribution in [2.75, 3.05) is 43.5 Å². The Morgan fingerprint density at radius 2 is 1.52 bits per heavy atom. The molecule has 1 fully saturated rings. The number of carbonyl (C=O) groups is 2. The van der Waals surface area contributed by atoms with Gasteiger partial charge in [0.2, 0.25) is 5.91 Å². The third kappa shape index (κ3) is 5.62. The first kappa shape index (κ1) is 19.0. The highest BCUT2D eigenvalue weighted by molar-refractivity contribution is 6.04. The molecule has 0 aromatic heterocycles. The van der Waals surface area contributed by atoms with Gasteiger partial charge in [-0.1, -0.05) is 12.1 Å². The first-order valence-electron chi connectivity index (χ1n) is 8.94. The molecule has 7 heteroatoms. The van der Waals surface area contributed by atoms with Gasteiger partial charge < -0.3 is 21.1 Å². The van der Waals surface area contributed by atoms with E-state index in [2.05, 4.69) is 15.5 Å². The Balaban J connectivity index is 1.51. The van der Waals surface area contributed by atoms with Gasteiger partial charge in [-0.25, -0.2) is 0 Å². The molecule has 0 saturated carbocycles. The number of amides is 2. The lowest BCUT2D eigenvalue weighted by atomic mass is 10.1. The molecule has 4 N–H and O–H groups in total. The van der Waals surface area contributed by atoms with Crippen LogP contribution in [0.3, 0.4) is 0 Å². The maximum Gasteiger partial charge on any atom is 0.255 e. The van der Waals surface area contributed by atoms with Crippen molar-refractivity contribution in [1.82, 2.24) is 4.90 Å². The van der Waals surface area contributed by atoms with Crippen molar-refractivity contribution < 1.29 is 14.3 Å². The zero-order valence-corrected chi connectivity index (χ0v) is 15.1. The summed E-state index contributed by atoms with van der Waals surface area (Å²) < 4.78 is 5.27. The normalized spacial score (nSPS) is 14.6. The second-order valence-corrected chi connectivity index (χ2v) is 6.37. The fourth-order valence-electron chi connectivity index (χ4n) is 2.80. The Hall–Kier alpha value is -2.74. The molecule has 2 amide bonds. The van der Waals surface area contributed by atoms with Crippen LogP contribution >= 0.6 is 0 Å². The molecule has 1 aliphatic heterocycles. The minimum Gasteiger partial charge on any atom is -0.379 e. The van der Waals surface area contributed by atoms with Gasteiger partial charge >= 0.3 is 0 Å². The van der Waals surface area contributed by atoms with Crippen molar-refractivity contribution in [1.29, 1.82) is 0 Å².